The van der Waals surface area contributed by atoms with E-state index in [2.05, 4.69) is 33.8 Å². The average Bonchev–Trinajstić information content (AvgIpc) is 3.60. The molecule has 0 radical (unpaired) electrons. The lowest BCUT2D eigenvalue weighted by Crippen LogP contribution is -2.47. The van der Waals surface area contributed by atoms with Crippen molar-refractivity contribution in [2.75, 3.05) is 33.5 Å². The molecule has 0 amide bonds. The van der Waals surface area contributed by atoms with Crippen LogP contribution in [0.2, 0.25) is 0 Å². The topological polar surface area (TPSA) is 113 Å². The maximum absolute atomic E-state index is 12.0. The second-order valence-corrected chi connectivity index (χ2v) is 12.4. The molecule has 4 N–H and O–H groups in total. The quantitative estimate of drug-likeness (QED) is 0.418. The van der Waals surface area contributed by atoms with Crippen LogP contribution in [-0.2, 0) is 23.7 Å². The van der Waals surface area contributed by atoms with Crippen molar-refractivity contribution in [3.05, 3.63) is 22.8 Å². The van der Waals surface area contributed by atoms with Gasteiger partial charge in [-0.1, -0.05) is 44.9 Å². The lowest BCUT2D eigenvalue weighted by molar-refractivity contribution is -0.224. The van der Waals surface area contributed by atoms with Gasteiger partial charge in [0.1, 0.15) is 12.2 Å². The monoisotopic (exact) mass is 521 g/mol. The van der Waals surface area contributed by atoms with Crippen molar-refractivity contribution in [3.63, 3.8) is 0 Å². The van der Waals surface area contributed by atoms with Crippen molar-refractivity contribution in [1.29, 1.82) is 0 Å². The molecule has 8 nitrogen and oxygen atoms in total. The van der Waals surface area contributed by atoms with Crippen molar-refractivity contribution in [1.82, 2.24) is 0 Å². The van der Waals surface area contributed by atoms with E-state index in [1.807, 2.05) is 0 Å². The molecule has 2 aliphatic heterocycles. The molecule has 2 saturated heterocycles. The van der Waals surface area contributed by atoms with Crippen molar-refractivity contribution < 1.29 is 33.9 Å². The first-order valence-corrected chi connectivity index (χ1v) is 14.3. The third-order valence-electron chi connectivity index (χ3n) is 9.75. The summed E-state index contributed by atoms with van der Waals surface area (Å²) in [5.41, 5.74) is 9.36. The fraction of sp³-hybridized carbons (Fsp3) is 0.862. The molecular weight excluding hydrogens is 474 g/mol. The van der Waals surface area contributed by atoms with Crippen LogP contribution in [0, 0.1) is 35.0 Å². The first kappa shape index (κ1) is 27.7. The lowest BCUT2D eigenvalue weighted by Gasteiger charge is -2.43. The number of nitrogens with two attached hydrogens (primary N) is 1. The van der Waals surface area contributed by atoms with Crippen LogP contribution < -0.4 is 5.73 Å². The van der Waals surface area contributed by atoms with E-state index in [-0.39, 0.29) is 23.4 Å². The highest BCUT2D eigenvalue weighted by atomic mass is 16.7. The van der Waals surface area contributed by atoms with Crippen molar-refractivity contribution in [2.45, 2.75) is 90.4 Å². The standard InChI is InChI=1S/C29H47NO7/c1-15(2)18-8-9-29(4)12-20-17(13-33-5)6-7-19(20)16(3)24(31)26(23(18)29)37-28-25(32)22-21(36-28)14-35-27(22)34-11-10-30/h12,15-17,19,21-22,24-28,31-32H,6-11,13-14,30H2,1-5H3/b20-12-/t16-,17-,19+,21-,22?,24-,25?,26-,27-,28-,29-/m1/s1. The molecule has 0 aromatic heterocycles. The molecule has 8 heteroatoms. The molecule has 0 spiro atoms. The fourth-order valence-electron chi connectivity index (χ4n) is 7.81. The molecule has 2 heterocycles. The maximum Gasteiger partial charge on any atom is 0.185 e. The number of fused-ring (bicyclic) bond motifs is 3. The van der Waals surface area contributed by atoms with Crippen LogP contribution in [0.25, 0.3) is 0 Å². The van der Waals surface area contributed by atoms with Crippen LogP contribution >= 0.6 is 0 Å². The van der Waals surface area contributed by atoms with Gasteiger partial charge in [-0.15, -0.1) is 0 Å². The summed E-state index contributed by atoms with van der Waals surface area (Å²) in [5, 5.41) is 23.3. The average molecular weight is 522 g/mol. The minimum atomic E-state index is -0.914. The highest BCUT2D eigenvalue weighted by Crippen LogP contribution is 2.56. The van der Waals surface area contributed by atoms with Gasteiger partial charge in [-0.2, -0.15) is 0 Å². The number of ether oxygens (including phenoxy) is 5. The predicted molar refractivity (Wildman–Crippen MR) is 138 cm³/mol. The van der Waals surface area contributed by atoms with Gasteiger partial charge in [0.15, 0.2) is 12.6 Å². The molecule has 37 heavy (non-hydrogen) atoms. The molecule has 11 atom stereocenters. The number of hydrogen-bond donors (Lipinski definition) is 3. The first-order valence-electron chi connectivity index (χ1n) is 14.3. The number of hydrogen-bond acceptors (Lipinski definition) is 8. The van der Waals surface area contributed by atoms with Gasteiger partial charge in [0, 0.05) is 25.0 Å². The van der Waals surface area contributed by atoms with Gasteiger partial charge in [-0.3, -0.25) is 0 Å². The Labute approximate surface area is 221 Å². The smallest absolute Gasteiger partial charge is 0.185 e. The normalized spacial score (nSPS) is 47.0. The van der Waals surface area contributed by atoms with Gasteiger partial charge >= 0.3 is 0 Å². The number of aliphatic hydroxyl groups is 2. The van der Waals surface area contributed by atoms with Crippen LogP contribution in [-0.4, -0.2) is 80.7 Å². The van der Waals surface area contributed by atoms with Crippen LogP contribution in [0.5, 0.6) is 0 Å². The van der Waals surface area contributed by atoms with E-state index in [1.165, 1.54) is 16.7 Å². The van der Waals surface area contributed by atoms with Crippen LogP contribution in [0.15, 0.2) is 22.8 Å². The summed E-state index contributed by atoms with van der Waals surface area (Å²) in [6.07, 6.45) is 2.69. The van der Waals surface area contributed by atoms with E-state index < -0.39 is 30.9 Å². The molecule has 3 aliphatic carbocycles. The lowest BCUT2D eigenvalue weighted by atomic mass is 9.68. The molecule has 5 aliphatic rings. The van der Waals surface area contributed by atoms with E-state index in [1.54, 1.807) is 7.11 Å². The third-order valence-corrected chi connectivity index (χ3v) is 9.75. The minimum absolute atomic E-state index is 0.00573. The molecule has 2 unspecified atom stereocenters. The van der Waals surface area contributed by atoms with Crippen molar-refractivity contribution >= 4 is 0 Å². The third kappa shape index (κ3) is 4.86. The van der Waals surface area contributed by atoms with Crippen LogP contribution in [0.1, 0.15) is 53.4 Å². The second kappa shape index (κ2) is 11.0. The SMILES string of the molecule is COC[C@H]1CC[C@@H]2/C1=C\[C@@]1(C)CCC(C(C)C)=C1[C@@H](O[C@H]1O[C@@H]3CO[C@@H](OCCN)C3C1O)[C@H](O)[C@@H]2C. The molecule has 0 bridgehead atoms. The summed E-state index contributed by atoms with van der Waals surface area (Å²) in [7, 11) is 1.78. The highest BCUT2D eigenvalue weighted by Gasteiger charge is 2.56. The molecule has 0 aromatic rings. The zero-order chi connectivity index (χ0) is 26.5. The largest absolute Gasteiger partial charge is 0.390 e. The summed E-state index contributed by atoms with van der Waals surface area (Å²) >= 11 is 0. The Balaban J connectivity index is 1.48. The summed E-state index contributed by atoms with van der Waals surface area (Å²) in [6, 6.07) is 0. The first-order chi connectivity index (χ1) is 17.7. The van der Waals surface area contributed by atoms with E-state index in [4.69, 9.17) is 29.4 Å². The van der Waals surface area contributed by atoms with Gasteiger partial charge in [0.25, 0.3) is 0 Å². The summed E-state index contributed by atoms with van der Waals surface area (Å²) in [5.74, 6) is 0.691. The highest BCUT2D eigenvalue weighted by molar-refractivity contribution is 5.41. The van der Waals surface area contributed by atoms with Crippen molar-refractivity contribution in [2.24, 2.45) is 40.7 Å². The Kier molecular flexibility index (Phi) is 8.22. The van der Waals surface area contributed by atoms with Crippen LogP contribution in [0.4, 0.5) is 0 Å². The van der Waals surface area contributed by atoms with E-state index in [9.17, 15) is 10.2 Å². The minimum Gasteiger partial charge on any atom is -0.390 e. The zero-order valence-corrected chi connectivity index (χ0v) is 23.1. The molecule has 1 saturated carbocycles. The molecule has 3 fully saturated rings. The summed E-state index contributed by atoms with van der Waals surface area (Å²) < 4.78 is 29.9. The van der Waals surface area contributed by atoms with E-state index in [0.717, 1.165) is 32.3 Å². The second-order valence-electron chi connectivity index (χ2n) is 12.4. The Hall–Kier alpha value is -0.840. The zero-order valence-electron chi connectivity index (χ0n) is 23.1. The maximum atomic E-state index is 12.0. The van der Waals surface area contributed by atoms with E-state index >= 15 is 0 Å². The van der Waals surface area contributed by atoms with E-state index in [0.29, 0.717) is 37.5 Å². The Morgan fingerprint density at radius 1 is 1.19 bits per heavy atom. The number of methoxy groups -OCH3 is 1. The molecular formula is C29H47NO7. The van der Waals surface area contributed by atoms with Gasteiger partial charge in [0.05, 0.1) is 37.9 Å². The van der Waals surface area contributed by atoms with Gasteiger partial charge < -0.3 is 39.6 Å². The Bertz CT molecular complexity index is 889. The molecule has 0 aromatic carbocycles. The Morgan fingerprint density at radius 3 is 2.68 bits per heavy atom. The summed E-state index contributed by atoms with van der Waals surface area (Å²) in [6.45, 7) is 10.7. The fourth-order valence-corrected chi connectivity index (χ4v) is 7.81. The van der Waals surface area contributed by atoms with Gasteiger partial charge in [0.2, 0.25) is 0 Å². The molecule has 210 valence electrons. The predicted octanol–water partition coefficient (Wildman–Crippen LogP) is 2.77. The van der Waals surface area contributed by atoms with Crippen molar-refractivity contribution in [3.8, 4) is 0 Å². The number of rotatable bonds is 8. The number of allylic oxidation sites excluding steroid dienone is 2. The van der Waals surface area contributed by atoms with Gasteiger partial charge in [-0.05, 0) is 49.0 Å². The van der Waals surface area contributed by atoms with Gasteiger partial charge in [-0.25, -0.2) is 0 Å². The Morgan fingerprint density at radius 2 is 1.97 bits per heavy atom. The van der Waals surface area contributed by atoms with Crippen LogP contribution in [0.3, 0.4) is 0 Å². The summed E-state index contributed by atoms with van der Waals surface area (Å²) in [4.78, 5) is 0. The molecule has 5 rings (SSSR count). The number of aliphatic hydroxyl groups excluding tert-OH is 2.